The highest BCUT2D eigenvalue weighted by Gasteiger charge is 2.32. The van der Waals surface area contributed by atoms with E-state index in [2.05, 4.69) is 45.9 Å². The number of hydrogen-bond donors (Lipinski definition) is 0. The van der Waals surface area contributed by atoms with Crippen molar-refractivity contribution in [1.82, 2.24) is 0 Å². The van der Waals surface area contributed by atoms with Crippen LogP contribution in [0, 0.1) is 0 Å². The molecule has 1 aromatic rings. The van der Waals surface area contributed by atoms with Crippen LogP contribution in [0.3, 0.4) is 0 Å². The largest absolute Gasteiger partial charge is 0.490 e. The lowest BCUT2D eigenvalue weighted by molar-refractivity contribution is 0.132. The van der Waals surface area contributed by atoms with Crippen molar-refractivity contribution >= 4 is 6.08 Å². The molecule has 2 rings (SSSR count). The summed E-state index contributed by atoms with van der Waals surface area (Å²) in [6.07, 6.45) is 3.11. The van der Waals surface area contributed by atoms with Crippen molar-refractivity contribution < 1.29 is 9.47 Å². The van der Waals surface area contributed by atoms with Gasteiger partial charge in [-0.2, -0.15) is 0 Å². The summed E-state index contributed by atoms with van der Waals surface area (Å²) in [5, 5.41) is 0. The van der Waals surface area contributed by atoms with Gasteiger partial charge in [0.25, 0.3) is 0 Å². The predicted octanol–water partition coefficient (Wildman–Crippen LogP) is 4.22. The Balaban J connectivity index is 2.47. The molecule has 0 fully saturated rings. The Labute approximate surface area is 110 Å². The third-order valence-corrected chi connectivity index (χ3v) is 2.90. The molecule has 1 heterocycles. The molecule has 2 heteroatoms. The van der Waals surface area contributed by atoms with Crippen LogP contribution in [0.2, 0.25) is 0 Å². The van der Waals surface area contributed by atoms with Gasteiger partial charge in [-0.1, -0.05) is 11.6 Å². The average molecular weight is 246 g/mol. The van der Waals surface area contributed by atoms with Gasteiger partial charge >= 0.3 is 0 Å². The number of fused-ring (bicyclic) bond motifs is 1. The van der Waals surface area contributed by atoms with Crippen LogP contribution >= 0.6 is 0 Å². The molecule has 1 aliphatic rings. The lowest BCUT2D eigenvalue weighted by Crippen LogP contribution is -2.24. The molecule has 0 amide bonds. The highest BCUT2D eigenvalue weighted by Crippen LogP contribution is 2.43. The SMILES string of the molecule is CCOc1cc(C=C(C)C)cc2c1OC(C)(C)C2. The Morgan fingerprint density at radius 1 is 1.39 bits per heavy atom. The molecule has 2 nitrogen and oxygen atoms in total. The van der Waals surface area contributed by atoms with Gasteiger partial charge in [0.15, 0.2) is 11.5 Å². The van der Waals surface area contributed by atoms with E-state index in [-0.39, 0.29) is 5.60 Å². The van der Waals surface area contributed by atoms with E-state index in [0.717, 1.165) is 17.9 Å². The molecule has 0 radical (unpaired) electrons. The molecule has 18 heavy (non-hydrogen) atoms. The minimum atomic E-state index is -0.127. The lowest BCUT2D eigenvalue weighted by Gasteiger charge is -2.18. The minimum absolute atomic E-state index is 0.127. The minimum Gasteiger partial charge on any atom is -0.490 e. The van der Waals surface area contributed by atoms with Crippen LogP contribution in [0.25, 0.3) is 6.08 Å². The van der Waals surface area contributed by atoms with Gasteiger partial charge in [0.2, 0.25) is 0 Å². The zero-order valence-corrected chi connectivity index (χ0v) is 12.0. The Morgan fingerprint density at radius 2 is 2.11 bits per heavy atom. The molecule has 0 bridgehead atoms. The van der Waals surface area contributed by atoms with Gasteiger partial charge in [-0.3, -0.25) is 0 Å². The second-order valence-electron chi connectivity index (χ2n) is 5.70. The van der Waals surface area contributed by atoms with Gasteiger partial charge in [0, 0.05) is 12.0 Å². The predicted molar refractivity (Wildman–Crippen MR) is 75.3 cm³/mol. The molecule has 0 unspecified atom stereocenters. The molecule has 0 N–H and O–H groups in total. The summed E-state index contributed by atoms with van der Waals surface area (Å²) in [6, 6.07) is 4.27. The van der Waals surface area contributed by atoms with Crippen molar-refractivity contribution in [2.45, 2.75) is 46.6 Å². The number of benzene rings is 1. The van der Waals surface area contributed by atoms with Crippen molar-refractivity contribution in [2.24, 2.45) is 0 Å². The van der Waals surface area contributed by atoms with Crippen molar-refractivity contribution in [3.8, 4) is 11.5 Å². The molecule has 0 saturated heterocycles. The summed E-state index contributed by atoms with van der Waals surface area (Å²) in [4.78, 5) is 0. The van der Waals surface area contributed by atoms with Gasteiger partial charge in [-0.15, -0.1) is 0 Å². The maximum absolute atomic E-state index is 5.99. The average Bonchev–Trinajstić information content (AvgIpc) is 2.52. The van der Waals surface area contributed by atoms with Crippen LogP contribution in [0.15, 0.2) is 17.7 Å². The quantitative estimate of drug-likeness (QED) is 0.795. The fourth-order valence-corrected chi connectivity index (χ4v) is 2.38. The molecular formula is C16H22O2. The Hall–Kier alpha value is -1.44. The smallest absolute Gasteiger partial charge is 0.165 e. The van der Waals surface area contributed by atoms with E-state index in [4.69, 9.17) is 9.47 Å². The van der Waals surface area contributed by atoms with E-state index in [1.807, 2.05) is 6.92 Å². The normalized spacial score (nSPS) is 15.8. The summed E-state index contributed by atoms with van der Waals surface area (Å²) < 4.78 is 11.7. The first-order valence-corrected chi connectivity index (χ1v) is 6.55. The Kier molecular flexibility index (Phi) is 3.38. The third kappa shape index (κ3) is 2.69. The van der Waals surface area contributed by atoms with Crippen LogP contribution in [-0.2, 0) is 6.42 Å². The second-order valence-corrected chi connectivity index (χ2v) is 5.70. The highest BCUT2D eigenvalue weighted by molar-refractivity contribution is 5.62. The Morgan fingerprint density at radius 3 is 2.72 bits per heavy atom. The van der Waals surface area contributed by atoms with E-state index in [0.29, 0.717) is 6.61 Å². The molecule has 1 aromatic carbocycles. The third-order valence-electron chi connectivity index (χ3n) is 2.90. The zero-order chi connectivity index (χ0) is 13.3. The second kappa shape index (κ2) is 4.68. The maximum atomic E-state index is 5.99. The fraction of sp³-hybridized carbons (Fsp3) is 0.500. The summed E-state index contributed by atoms with van der Waals surface area (Å²) >= 11 is 0. The number of rotatable bonds is 3. The first-order valence-electron chi connectivity index (χ1n) is 6.55. The van der Waals surface area contributed by atoms with Crippen molar-refractivity contribution in [2.75, 3.05) is 6.61 Å². The van der Waals surface area contributed by atoms with Gasteiger partial charge in [0.05, 0.1) is 6.61 Å². The highest BCUT2D eigenvalue weighted by atomic mass is 16.5. The number of ether oxygens (including phenoxy) is 2. The van der Waals surface area contributed by atoms with Crippen LogP contribution < -0.4 is 9.47 Å². The monoisotopic (exact) mass is 246 g/mol. The van der Waals surface area contributed by atoms with Crippen molar-refractivity contribution in [1.29, 1.82) is 0 Å². The van der Waals surface area contributed by atoms with Gasteiger partial charge < -0.3 is 9.47 Å². The first kappa shape index (κ1) is 13.0. The topological polar surface area (TPSA) is 18.5 Å². The summed E-state index contributed by atoms with van der Waals surface area (Å²) in [7, 11) is 0. The van der Waals surface area contributed by atoms with E-state index in [9.17, 15) is 0 Å². The van der Waals surface area contributed by atoms with Gasteiger partial charge in [0.1, 0.15) is 5.60 Å². The van der Waals surface area contributed by atoms with Crippen LogP contribution in [0.5, 0.6) is 11.5 Å². The van der Waals surface area contributed by atoms with E-state index in [1.54, 1.807) is 0 Å². The zero-order valence-electron chi connectivity index (χ0n) is 12.0. The molecular weight excluding hydrogens is 224 g/mol. The van der Waals surface area contributed by atoms with Crippen LogP contribution in [0.4, 0.5) is 0 Å². The van der Waals surface area contributed by atoms with E-state index >= 15 is 0 Å². The van der Waals surface area contributed by atoms with E-state index in [1.165, 1.54) is 16.7 Å². The Bertz CT molecular complexity index is 480. The molecule has 98 valence electrons. The molecule has 1 aliphatic heterocycles. The summed E-state index contributed by atoms with van der Waals surface area (Å²) in [5.41, 5.74) is 3.60. The molecule has 0 aromatic heterocycles. The first-order chi connectivity index (χ1) is 8.41. The molecule has 0 atom stereocenters. The fourth-order valence-electron chi connectivity index (χ4n) is 2.38. The van der Waals surface area contributed by atoms with Crippen LogP contribution in [-0.4, -0.2) is 12.2 Å². The molecule has 0 aliphatic carbocycles. The van der Waals surface area contributed by atoms with Crippen molar-refractivity contribution in [3.05, 3.63) is 28.8 Å². The van der Waals surface area contributed by atoms with Gasteiger partial charge in [-0.25, -0.2) is 0 Å². The standard InChI is InChI=1S/C16H22O2/c1-6-17-14-9-12(7-11(2)3)8-13-10-16(4,5)18-15(13)14/h7-9H,6,10H2,1-5H3. The number of allylic oxidation sites excluding steroid dienone is 1. The molecule has 0 spiro atoms. The summed E-state index contributed by atoms with van der Waals surface area (Å²) in [6.45, 7) is 11.1. The van der Waals surface area contributed by atoms with Gasteiger partial charge in [-0.05, 0) is 52.3 Å². The summed E-state index contributed by atoms with van der Waals surface area (Å²) in [5.74, 6) is 1.79. The van der Waals surface area contributed by atoms with Crippen LogP contribution in [0.1, 0.15) is 45.7 Å². The maximum Gasteiger partial charge on any atom is 0.165 e. The van der Waals surface area contributed by atoms with Crippen molar-refractivity contribution in [3.63, 3.8) is 0 Å². The van der Waals surface area contributed by atoms with E-state index < -0.39 is 0 Å². The molecule has 0 saturated carbocycles. The number of hydrogen-bond acceptors (Lipinski definition) is 2. The lowest BCUT2D eigenvalue weighted by atomic mass is 9.99.